The molecule has 2 aromatic rings. The minimum atomic E-state index is -0.745. The highest BCUT2D eigenvalue weighted by Gasteiger charge is 2.61. The van der Waals surface area contributed by atoms with E-state index in [-0.39, 0.29) is 29.8 Å². The Morgan fingerprint density at radius 2 is 1.47 bits per heavy atom. The fourth-order valence-electron chi connectivity index (χ4n) is 7.07. The molecular weight excluding hydrogens is 490 g/mol. The van der Waals surface area contributed by atoms with E-state index in [4.69, 9.17) is 37.9 Å². The van der Waals surface area contributed by atoms with Crippen LogP contribution in [0.25, 0.3) is 0 Å². The first-order chi connectivity index (χ1) is 18.2. The lowest BCUT2D eigenvalue weighted by atomic mass is 9.77. The highest BCUT2D eigenvalue weighted by atomic mass is 16.9. The Balaban J connectivity index is 1.14. The van der Waals surface area contributed by atoms with Gasteiger partial charge in [-0.2, -0.15) is 0 Å². The molecule has 1 unspecified atom stereocenters. The van der Waals surface area contributed by atoms with Gasteiger partial charge in [0, 0.05) is 30.4 Å². The lowest BCUT2D eigenvalue weighted by Gasteiger charge is -2.39. The van der Waals surface area contributed by atoms with Crippen molar-refractivity contribution in [2.75, 3.05) is 37.8 Å². The second-order valence-electron chi connectivity index (χ2n) is 12.0. The van der Waals surface area contributed by atoms with Gasteiger partial charge in [-0.1, -0.05) is 18.2 Å². The van der Waals surface area contributed by atoms with Crippen molar-refractivity contribution in [3.05, 3.63) is 47.5 Å². The molecule has 0 amide bonds. The van der Waals surface area contributed by atoms with Gasteiger partial charge >= 0.3 is 0 Å². The number of ether oxygens (including phenoxy) is 8. The molecule has 0 radical (unpaired) electrons. The molecule has 38 heavy (non-hydrogen) atoms. The smallest absolute Gasteiger partial charge is 0.190 e. The van der Waals surface area contributed by atoms with Crippen LogP contribution in [-0.2, 0) is 29.1 Å². The molecule has 3 saturated heterocycles. The Morgan fingerprint density at radius 3 is 2.32 bits per heavy atom. The maximum absolute atomic E-state index is 6.56. The van der Waals surface area contributed by atoms with Crippen LogP contribution in [0, 0.1) is 0 Å². The summed E-state index contributed by atoms with van der Waals surface area (Å²) in [7, 11) is 0. The number of para-hydroxylation sites is 1. The summed E-state index contributed by atoms with van der Waals surface area (Å²) in [6.07, 6.45) is -1.68. The zero-order chi connectivity index (χ0) is 25.9. The standard InChI is InChI=1S/C29H33NO8/c1-27(2)35-23-22(34-26-25(24(23)36-27)37-28(3,4)38-26)13-30-14-29(16-7-5-6-8-18(16)30)15-33-19-12-21-20(11-17(19)29)31-9-10-32-21/h5-8,11-12,22-26H,9-10,13-15H2,1-4H3/t22-,23+,24+,25-,26-,29?/m1/s1. The molecule has 9 heteroatoms. The van der Waals surface area contributed by atoms with Crippen molar-refractivity contribution in [1.29, 1.82) is 0 Å². The van der Waals surface area contributed by atoms with Crippen LogP contribution in [0.3, 0.4) is 0 Å². The highest BCUT2D eigenvalue weighted by molar-refractivity contribution is 5.70. The lowest BCUT2D eigenvalue weighted by Crippen LogP contribution is -2.58. The Labute approximate surface area is 221 Å². The molecule has 6 heterocycles. The van der Waals surface area contributed by atoms with Gasteiger partial charge in [-0.25, -0.2) is 0 Å². The molecule has 0 N–H and O–H groups in total. The van der Waals surface area contributed by atoms with Crippen LogP contribution in [0.5, 0.6) is 17.2 Å². The van der Waals surface area contributed by atoms with E-state index in [0.29, 0.717) is 26.4 Å². The number of benzene rings is 2. The van der Waals surface area contributed by atoms with Crippen molar-refractivity contribution in [2.24, 2.45) is 0 Å². The summed E-state index contributed by atoms with van der Waals surface area (Å²) >= 11 is 0. The van der Waals surface area contributed by atoms with Gasteiger partial charge in [0.15, 0.2) is 29.4 Å². The summed E-state index contributed by atoms with van der Waals surface area (Å²) in [6, 6.07) is 12.7. The Kier molecular flexibility index (Phi) is 4.77. The van der Waals surface area contributed by atoms with E-state index in [1.165, 1.54) is 11.3 Å². The molecule has 6 aliphatic heterocycles. The molecule has 3 fully saturated rings. The third-order valence-electron chi connectivity index (χ3n) is 8.51. The molecule has 8 rings (SSSR count). The quantitative estimate of drug-likeness (QED) is 0.589. The number of hydrogen-bond acceptors (Lipinski definition) is 9. The lowest BCUT2D eigenvalue weighted by molar-refractivity contribution is -0.231. The summed E-state index contributed by atoms with van der Waals surface area (Å²) < 4.78 is 49.7. The van der Waals surface area contributed by atoms with E-state index >= 15 is 0 Å². The maximum atomic E-state index is 6.56. The zero-order valence-electron chi connectivity index (χ0n) is 22.1. The largest absolute Gasteiger partial charge is 0.492 e. The molecule has 6 atom stereocenters. The van der Waals surface area contributed by atoms with Crippen molar-refractivity contribution in [2.45, 2.75) is 75.4 Å². The SMILES string of the molecule is CC1(C)O[C@H]2[C@@H](O1)[C@@H](CN1CC3(COc4cc5c(cc43)OCCO5)c3ccccc31)O[C@@H]1OC(C)(C)O[C@@H]12. The second-order valence-corrected chi connectivity index (χ2v) is 12.0. The normalized spacial score (nSPS) is 36.9. The van der Waals surface area contributed by atoms with Gasteiger partial charge in [0.25, 0.3) is 0 Å². The van der Waals surface area contributed by atoms with Crippen LogP contribution in [0.15, 0.2) is 36.4 Å². The van der Waals surface area contributed by atoms with E-state index in [0.717, 1.165) is 29.4 Å². The summed E-state index contributed by atoms with van der Waals surface area (Å²) in [5.74, 6) is 0.904. The fourth-order valence-corrected chi connectivity index (χ4v) is 7.07. The topological polar surface area (TPSA) is 77.1 Å². The Hall–Kier alpha value is -2.56. The first-order valence-corrected chi connectivity index (χ1v) is 13.5. The number of fused-ring (bicyclic) bond motifs is 8. The van der Waals surface area contributed by atoms with Crippen LogP contribution < -0.4 is 19.1 Å². The number of hydrogen-bond donors (Lipinski definition) is 0. The minimum Gasteiger partial charge on any atom is -0.492 e. The zero-order valence-corrected chi connectivity index (χ0v) is 22.1. The Bertz CT molecular complexity index is 1300. The molecule has 202 valence electrons. The molecule has 6 aliphatic rings. The van der Waals surface area contributed by atoms with Crippen molar-refractivity contribution in [3.8, 4) is 17.2 Å². The monoisotopic (exact) mass is 523 g/mol. The predicted molar refractivity (Wildman–Crippen MR) is 135 cm³/mol. The maximum Gasteiger partial charge on any atom is 0.190 e. The average molecular weight is 524 g/mol. The van der Waals surface area contributed by atoms with E-state index in [9.17, 15) is 0 Å². The third-order valence-corrected chi connectivity index (χ3v) is 8.51. The number of nitrogens with zero attached hydrogens (tertiary/aromatic N) is 1. The molecule has 0 aromatic heterocycles. The van der Waals surface area contributed by atoms with Crippen LogP contribution in [-0.4, -0.2) is 75.2 Å². The average Bonchev–Trinajstić information content (AvgIpc) is 3.59. The first kappa shape index (κ1) is 23.3. The van der Waals surface area contributed by atoms with E-state index in [2.05, 4.69) is 35.2 Å². The van der Waals surface area contributed by atoms with Crippen molar-refractivity contribution in [3.63, 3.8) is 0 Å². The molecule has 9 nitrogen and oxygen atoms in total. The summed E-state index contributed by atoms with van der Waals surface area (Å²) in [5, 5.41) is 0. The fraction of sp³-hybridized carbons (Fsp3) is 0.586. The summed E-state index contributed by atoms with van der Waals surface area (Å²) in [4.78, 5) is 2.39. The molecule has 0 bridgehead atoms. The van der Waals surface area contributed by atoms with Gasteiger partial charge in [0.1, 0.15) is 50.0 Å². The van der Waals surface area contributed by atoms with Gasteiger partial charge in [-0.3, -0.25) is 0 Å². The van der Waals surface area contributed by atoms with Crippen molar-refractivity contribution in [1.82, 2.24) is 0 Å². The van der Waals surface area contributed by atoms with Crippen LogP contribution in [0.1, 0.15) is 38.8 Å². The van der Waals surface area contributed by atoms with Gasteiger partial charge < -0.3 is 42.8 Å². The third kappa shape index (κ3) is 3.35. The van der Waals surface area contributed by atoms with Gasteiger partial charge in [0.2, 0.25) is 0 Å². The predicted octanol–water partition coefficient (Wildman–Crippen LogP) is 3.35. The van der Waals surface area contributed by atoms with Crippen LogP contribution in [0.4, 0.5) is 5.69 Å². The molecular formula is C29H33NO8. The number of rotatable bonds is 2. The van der Waals surface area contributed by atoms with Crippen LogP contribution in [0.2, 0.25) is 0 Å². The van der Waals surface area contributed by atoms with Gasteiger partial charge in [-0.05, 0) is 45.4 Å². The minimum absolute atomic E-state index is 0.272. The van der Waals surface area contributed by atoms with Crippen LogP contribution >= 0.6 is 0 Å². The van der Waals surface area contributed by atoms with Gasteiger partial charge in [-0.15, -0.1) is 0 Å². The van der Waals surface area contributed by atoms with Gasteiger partial charge in [0.05, 0.1) is 5.41 Å². The van der Waals surface area contributed by atoms with Crippen molar-refractivity contribution < 1.29 is 37.9 Å². The first-order valence-electron chi connectivity index (χ1n) is 13.5. The van der Waals surface area contributed by atoms with Crippen molar-refractivity contribution >= 4 is 5.69 Å². The number of anilines is 1. The molecule has 0 aliphatic carbocycles. The summed E-state index contributed by atoms with van der Waals surface area (Å²) in [6.45, 7) is 10.7. The molecule has 1 spiro atoms. The Morgan fingerprint density at radius 1 is 0.763 bits per heavy atom. The van der Waals surface area contributed by atoms with E-state index < -0.39 is 17.9 Å². The molecule has 0 saturated carbocycles. The second kappa shape index (κ2) is 7.76. The van der Waals surface area contributed by atoms with E-state index in [1.54, 1.807) is 0 Å². The highest BCUT2D eigenvalue weighted by Crippen LogP contribution is 2.54. The van der Waals surface area contributed by atoms with E-state index in [1.807, 2.05) is 33.8 Å². The summed E-state index contributed by atoms with van der Waals surface area (Å²) in [5.41, 5.74) is 3.23. The molecule has 2 aromatic carbocycles.